The second-order valence-corrected chi connectivity index (χ2v) is 5.07. The topological polar surface area (TPSA) is 88.5 Å². The van der Waals surface area contributed by atoms with Gasteiger partial charge in [0.2, 0.25) is 0 Å². The molecule has 0 spiro atoms. The summed E-state index contributed by atoms with van der Waals surface area (Å²) < 4.78 is 15.7. The van der Waals surface area contributed by atoms with Gasteiger partial charge >= 0.3 is 5.97 Å². The fourth-order valence-electron chi connectivity index (χ4n) is 2.20. The number of β-amino-alcohol motifs (C(OH)–C–C–N with tert-alkyl or cyclic N) is 1. The molecule has 0 saturated carbocycles. The number of carboxylic acid groups (broad SMARTS) is 1. The number of hydrogen-bond acceptors (Lipinski definition) is 6. The van der Waals surface area contributed by atoms with Gasteiger partial charge in [0.1, 0.15) is 0 Å². The SMILES string of the molecule is COCC(C)OCC(O)CN1CCOCC1CC(=O)O. The maximum absolute atomic E-state index is 10.8. The van der Waals surface area contributed by atoms with Gasteiger partial charge in [0.05, 0.1) is 45.1 Å². The highest BCUT2D eigenvalue weighted by Gasteiger charge is 2.27. The molecule has 1 heterocycles. The Labute approximate surface area is 119 Å². The molecular formula is C13H25NO6. The molecule has 0 aromatic rings. The van der Waals surface area contributed by atoms with Crippen LogP contribution in [-0.2, 0) is 19.0 Å². The summed E-state index contributed by atoms with van der Waals surface area (Å²) in [6, 6.07) is -0.188. The number of aliphatic hydroxyl groups excluding tert-OH is 1. The van der Waals surface area contributed by atoms with Crippen LogP contribution < -0.4 is 0 Å². The van der Waals surface area contributed by atoms with Gasteiger partial charge in [-0.1, -0.05) is 0 Å². The van der Waals surface area contributed by atoms with Gasteiger partial charge in [0.25, 0.3) is 0 Å². The zero-order chi connectivity index (χ0) is 15.0. The molecule has 0 aromatic carbocycles. The lowest BCUT2D eigenvalue weighted by molar-refractivity contribution is -0.140. The van der Waals surface area contributed by atoms with Crippen molar-refractivity contribution in [3.05, 3.63) is 0 Å². The van der Waals surface area contributed by atoms with Crippen molar-refractivity contribution in [1.29, 1.82) is 0 Å². The summed E-state index contributed by atoms with van der Waals surface area (Å²) in [5, 5.41) is 18.8. The van der Waals surface area contributed by atoms with Crippen LogP contribution in [0.1, 0.15) is 13.3 Å². The van der Waals surface area contributed by atoms with Gasteiger partial charge in [-0.3, -0.25) is 9.69 Å². The van der Waals surface area contributed by atoms with Gasteiger partial charge in [-0.25, -0.2) is 0 Å². The third-order valence-electron chi connectivity index (χ3n) is 3.18. The number of morpholine rings is 1. The lowest BCUT2D eigenvalue weighted by atomic mass is 10.1. The minimum Gasteiger partial charge on any atom is -0.481 e. The van der Waals surface area contributed by atoms with Gasteiger partial charge in [-0.15, -0.1) is 0 Å². The molecule has 0 aliphatic carbocycles. The van der Waals surface area contributed by atoms with Gasteiger partial charge in [0.15, 0.2) is 0 Å². The molecule has 2 N–H and O–H groups in total. The normalized spacial score (nSPS) is 23.4. The number of aliphatic hydroxyl groups is 1. The van der Waals surface area contributed by atoms with E-state index in [0.717, 1.165) is 0 Å². The summed E-state index contributed by atoms with van der Waals surface area (Å²) in [7, 11) is 1.60. The molecular weight excluding hydrogens is 266 g/mol. The smallest absolute Gasteiger partial charge is 0.305 e. The fraction of sp³-hybridized carbons (Fsp3) is 0.923. The Balaban J connectivity index is 2.33. The van der Waals surface area contributed by atoms with Crippen LogP contribution in [-0.4, -0.2) is 86.0 Å². The summed E-state index contributed by atoms with van der Waals surface area (Å²) in [6.07, 6.45) is -0.703. The number of rotatable bonds is 9. The lowest BCUT2D eigenvalue weighted by Gasteiger charge is -2.36. The summed E-state index contributed by atoms with van der Waals surface area (Å²) in [5.74, 6) is -0.857. The predicted molar refractivity (Wildman–Crippen MR) is 71.7 cm³/mol. The first-order valence-electron chi connectivity index (χ1n) is 6.85. The van der Waals surface area contributed by atoms with Crippen LogP contribution in [0.4, 0.5) is 0 Å². The molecule has 20 heavy (non-hydrogen) atoms. The molecule has 3 unspecified atom stereocenters. The predicted octanol–water partition coefficient (Wildman–Crippen LogP) is -0.426. The summed E-state index contributed by atoms with van der Waals surface area (Å²) in [6.45, 7) is 4.53. The van der Waals surface area contributed by atoms with Crippen LogP contribution in [0.15, 0.2) is 0 Å². The number of ether oxygens (including phenoxy) is 3. The van der Waals surface area contributed by atoms with E-state index in [4.69, 9.17) is 19.3 Å². The molecule has 7 nitrogen and oxygen atoms in total. The first kappa shape index (κ1) is 17.3. The highest BCUT2D eigenvalue weighted by Crippen LogP contribution is 2.11. The third-order valence-corrected chi connectivity index (χ3v) is 3.18. The van der Waals surface area contributed by atoms with E-state index in [1.54, 1.807) is 7.11 Å². The zero-order valence-corrected chi connectivity index (χ0v) is 12.2. The zero-order valence-electron chi connectivity index (χ0n) is 12.2. The molecule has 1 aliphatic heterocycles. The van der Waals surface area contributed by atoms with Crippen LogP contribution in [0.2, 0.25) is 0 Å². The number of carboxylic acids is 1. The molecule has 3 atom stereocenters. The second kappa shape index (κ2) is 9.25. The maximum atomic E-state index is 10.8. The summed E-state index contributed by atoms with van der Waals surface area (Å²) in [4.78, 5) is 12.8. The number of hydrogen-bond donors (Lipinski definition) is 2. The third kappa shape index (κ3) is 6.62. The molecule has 0 radical (unpaired) electrons. The Morgan fingerprint density at radius 1 is 1.50 bits per heavy atom. The van der Waals surface area contributed by atoms with Crippen molar-refractivity contribution in [3.63, 3.8) is 0 Å². The van der Waals surface area contributed by atoms with E-state index in [1.807, 2.05) is 11.8 Å². The molecule has 1 fully saturated rings. The first-order chi connectivity index (χ1) is 9.52. The van der Waals surface area contributed by atoms with Gasteiger partial charge in [-0.2, -0.15) is 0 Å². The highest BCUT2D eigenvalue weighted by molar-refractivity contribution is 5.67. The summed E-state index contributed by atoms with van der Waals surface area (Å²) >= 11 is 0. The van der Waals surface area contributed by atoms with Crippen LogP contribution in [0, 0.1) is 0 Å². The first-order valence-corrected chi connectivity index (χ1v) is 6.85. The van der Waals surface area contributed by atoms with Crippen LogP contribution in [0.5, 0.6) is 0 Å². The average molecular weight is 291 g/mol. The van der Waals surface area contributed by atoms with Crippen molar-refractivity contribution in [2.45, 2.75) is 31.6 Å². The van der Waals surface area contributed by atoms with Gasteiger partial charge in [-0.05, 0) is 6.92 Å². The van der Waals surface area contributed by atoms with E-state index in [2.05, 4.69) is 0 Å². The largest absolute Gasteiger partial charge is 0.481 e. The van der Waals surface area contributed by atoms with E-state index in [9.17, 15) is 9.90 Å². The molecule has 0 amide bonds. The number of carbonyl (C=O) groups is 1. The van der Waals surface area contributed by atoms with E-state index >= 15 is 0 Å². The van der Waals surface area contributed by atoms with Gasteiger partial charge in [0, 0.05) is 26.2 Å². The number of methoxy groups -OCH3 is 1. The maximum Gasteiger partial charge on any atom is 0.305 e. The summed E-state index contributed by atoms with van der Waals surface area (Å²) in [5.41, 5.74) is 0. The number of nitrogens with zero attached hydrogens (tertiary/aromatic N) is 1. The Kier molecular flexibility index (Phi) is 8.01. The Morgan fingerprint density at radius 3 is 2.90 bits per heavy atom. The van der Waals surface area contributed by atoms with E-state index in [-0.39, 0.29) is 25.2 Å². The van der Waals surface area contributed by atoms with Crippen LogP contribution in [0.3, 0.4) is 0 Å². The van der Waals surface area contributed by atoms with Gasteiger partial charge < -0.3 is 24.4 Å². The molecule has 1 rings (SSSR count). The van der Waals surface area contributed by atoms with Crippen LogP contribution in [0.25, 0.3) is 0 Å². The molecule has 1 aliphatic rings. The molecule has 0 aromatic heterocycles. The molecule has 118 valence electrons. The fourth-order valence-corrected chi connectivity index (χ4v) is 2.20. The molecule has 0 bridgehead atoms. The standard InChI is InChI=1S/C13H25NO6/c1-10(7-18-2)20-9-12(15)6-14-3-4-19-8-11(14)5-13(16)17/h10-12,15H,3-9H2,1-2H3,(H,16,17). The van der Waals surface area contributed by atoms with E-state index < -0.39 is 12.1 Å². The van der Waals surface area contributed by atoms with E-state index in [0.29, 0.717) is 32.9 Å². The van der Waals surface area contributed by atoms with Crippen LogP contribution >= 0.6 is 0 Å². The van der Waals surface area contributed by atoms with Crippen molar-refractivity contribution >= 4 is 5.97 Å². The van der Waals surface area contributed by atoms with Crippen molar-refractivity contribution in [1.82, 2.24) is 4.90 Å². The minimum absolute atomic E-state index is 0.0215. The van der Waals surface area contributed by atoms with Crippen molar-refractivity contribution in [2.75, 3.05) is 46.6 Å². The van der Waals surface area contributed by atoms with Crippen molar-refractivity contribution < 1.29 is 29.2 Å². The Bertz CT molecular complexity index is 288. The minimum atomic E-state index is -0.857. The monoisotopic (exact) mass is 291 g/mol. The second-order valence-electron chi connectivity index (χ2n) is 5.07. The quantitative estimate of drug-likeness (QED) is 0.596. The molecule has 1 saturated heterocycles. The van der Waals surface area contributed by atoms with Crippen molar-refractivity contribution in [2.24, 2.45) is 0 Å². The van der Waals surface area contributed by atoms with E-state index in [1.165, 1.54) is 0 Å². The molecule has 7 heteroatoms. The number of aliphatic carboxylic acids is 1. The highest BCUT2D eigenvalue weighted by atomic mass is 16.5. The van der Waals surface area contributed by atoms with Crippen molar-refractivity contribution in [3.8, 4) is 0 Å². The Hall–Kier alpha value is -0.730. The Morgan fingerprint density at radius 2 is 2.25 bits per heavy atom. The lowest BCUT2D eigenvalue weighted by Crippen LogP contribution is -2.50. The average Bonchev–Trinajstić information content (AvgIpc) is 2.38.